The van der Waals surface area contributed by atoms with Crippen molar-refractivity contribution in [2.75, 3.05) is 18.9 Å². The Labute approximate surface area is 193 Å². The molecule has 11 heteroatoms. The van der Waals surface area contributed by atoms with Crippen LogP contribution in [0.25, 0.3) is 0 Å². The van der Waals surface area contributed by atoms with Crippen LogP contribution in [-0.4, -0.2) is 36.8 Å². The number of nitrogens with one attached hydrogen (secondary N) is 2. The van der Waals surface area contributed by atoms with E-state index >= 15 is 0 Å². The first-order valence-electron chi connectivity index (χ1n) is 9.63. The number of hydrogen-bond acceptors (Lipinski definition) is 7. The topological polar surface area (TPSA) is 123 Å². The first kappa shape index (κ1) is 24.1. The fourth-order valence-corrected chi connectivity index (χ4v) is 4.79. The Balaban J connectivity index is 1.80. The summed E-state index contributed by atoms with van der Waals surface area (Å²) in [6, 6.07) is 18.6. The monoisotopic (exact) mass is 489 g/mol. The normalized spacial score (nSPS) is 12.2. The maximum Gasteiger partial charge on any atom is 0.276 e. The average Bonchev–Trinajstić information content (AvgIpc) is 2.82. The zero-order chi connectivity index (χ0) is 24.1. The Morgan fingerprint density at radius 2 is 1.45 bits per heavy atom. The molecule has 0 radical (unpaired) electrons. The van der Waals surface area contributed by atoms with Crippen LogP contribution >= 0.6 is 0 Å². The molecule has 33 heavy (non-hydrogen) atoms. The zero-order valence-electron chi connectivity index (χ0n) is 18.1. The van der Waals surface area contributed by atoms with Crippen LogP contribution in [0.15, 0.2) is 87.7 Å². The number of sulfonamides is 2. The second kappa shape index (κ2) is 9.92. The van der Waals surface area contributed by atoms with Crippen LogP contribution in [0.4, 0.5) is 5.69 Å². The van der Waals surface area contributed by atoms with Gasteiger partial charge < -0.3 is 9.47 Å². The number of hydrazone groups is 1. The van der Waals surface area contributed by atoms with Crippen molar-refractivity contribution < 1.29 is 26.3 Å². The number of rotatable bonds is 9. The van der Waals surface area contributed by atoms with Gasteiger partial charge in [-0.05, 0) is 48.9 Å². The van der Waals surface area contributed by atoms with E-state index in [0.717, 1.165) is 0 Å². The summed E-state index contributed by atoms with van der Waals surface area (Å²) < 4.78 is 63.1. The Morgan fingerprint density at radius 3 is 2.12 bits per heavy atom. The van der Waals surface area contributed by atoms with Crippen molar-refractivity contribution in [3.63, 3.8) is 0 Å². The smallest absolute Gasteiger partial charge is 0.276 e. The van der Waals surface area contributed by atoms with Crippen LogP contribution in [0.1, 0.15) is 12.5 Å². The molecular weight excluding hydrogens is 466 g/mol. The summed E-state index contributed by atoms with van der Waals surface area (Å²) >= 11 is 0. The highest BCUT2D eigenvalue weighted by Gasteiger charge is 2.17. The van der Waals surface area contributed by atoms with Crippen LogP contribution in [-0.2, 0) is 20.0 Å². The molecule has 3 aromatic carbocycles. The van der Waals surface area contributed by atoms with E-state index in [2.05, 4.69) is 14.7 Å². The number of nitrogens with zero attached hydrogens (tertiary/aromatic N) is 1. The predicted octanol–water partition coefficient (Wildman–Crippen LogP) is 3.21. The van der Waals surface area contributed by atoms with Gasteiger partial charge in [0, 0.05) is 11.8 Å². The summed E-state index contributed by atoms with van der Waals surface area (Å²) in [6.45, 7) is 1.60. The highest BCUT2D eigenvalue weighted by molar-refractivity contribution is 7.92. The standard InChI is InChI=1S/C22H23N3O6S2/c1-16(23-25-33(28,29)20-12-13-21(30-2)22(15-20)31-3)17-8-7-9-18(14-17)24-32(26,27)19-10-5-4-6-11-19/h4-15,24-25H,1-3H3. The van der Waals surface area contributed by atoms with Gasteiger partial charge in [-0.25, -0.2) is 8.42 Å². The van der Waals surface area contributed by atoms with Crippen molar-refractivity contribution in [1.29, 1.82) is 0 Å². The maximum absolute atomic E-state index is 12.6. The molecule has 0 aliphatic carbocycles. The lowest BCUT2D eigenvalue weighted by Gasteiger charge is -2.11. The molecule has 174 valence electrons. The fraction of sp³-hybridized carbons (Fsp3) is 0.136. The molecular formula is C22H23N3O6S2. The lowest BCUT2D eigenvalue weighted by Crippen LogP contribution is -2.20. The molecule has 3 rings (SSSR count). The number of ether oxygens (including phenoxy) is 2. The first-order valence-corrected chi connectivity index (χ1v) is 12.6. The van der Waals surface area contributed by atoms with E-state index in [4.69, 9.17) is 9.47 Å². The molecule has 0 atom stereocenters. The summed E-state index contributed by atoms with van der Waals surface area (Å²) in [5.41, 5.74) is 1.17. The lowest BCUT2D eigenvalue weighted by atomic mass is 10.1. The van der Waals surface area contributed by atoms with Crippen molar-refractivity contribution in [3.05, 3.63) is 78.4 Å². The van der Waals surface area contributed by atoms with E-state index < -0.39 is 20.0 Å². The second-order valence-electron chi connectivity index (χ2n) is 6.81. The highest BCUT2D eigenvalue weighted by atomic mass is 32.2. The molecule has 2 N–H and O–H groups in total. The van der Waals surface area contributed by atoms with Crippen molar-refractivity contribution in [3.8, 4) is 11.5 Å². The molecule has 3 aromatic rings. The minimum atomic E-state index is -3.98. The molecule has 0 heterocycles. The first-order chi connectivity index (χ1) is 15.7. The van der Waals surface area contributed by atoms with Crippen LogP contribution in [0.2, 0.25) is 0 Å². The van der Waals surface area contributed by atoms with Crippen LogP contribution in [0, 0.1) is 0 Å². The molecule has 0 aliphatic heterocycles. The molecule has 0 saturated heterocycles. The number of anilines is 1. The molecule has 0 bridgehead atoms. The van der Waals surface area contributed by atoms with Gasteiger partial charge in [-0.1, -0.05) is 30.3 Å². The zero-order valence-corrected chi connectivity index (χ0v) is 19.8. The lowest BCUT2D eigenvalue weighted by molar-refractivity contribution is 0.354. The third-order valence-corrected chi connectivity index (χ3v) is 7.19. The van der Waals surface area contributed by atoms with E-state index in [1.54, 1.807) is 49.4 Å². The van der Waals surface area contributed by atoms with Gasteiger partial charge in [0.05, 0.1) is 29.7 Å². The van der Waals surface area contributed by atoms with Gasteiger partial charge >= 0.3 is 0 Å². The third kappa shape index (κ3) is 5.82. The summed E-state index contributed by atoms with van der Waals surface area (Å²) in [6.07, 6.45) is 0. The van der Waals surface area contributed by atoms with Crippen molar-refractivity contribution >= 4 is 31.4 Å². The summed E-state index contributed by atoms with van der Waals surface area (Å²) in [5, 5.41) is 3.97. The van der Waals surface area contributed by atoms with Gasteiger partial charge in [0.2, 0.25) is 0 Å². The van der Waals surface area contributed by atoms with Crippen molar-refractivity contribution in [2.24, 2.45) is 5.10 Å². The van der Waals surface area contributed by atoms with Crippen LogP contribution in [0.3, 0.4) is 0 Å². The molecule has 0 unspecified atom stereocenters. The average molecular weight is 490 g/mol. The molecule has 0 aliphatic rings. The van der Waals surface area contributed by atoms with E-state index in [0.29, 0.717) is 22.7 Å². The van der Waals surface area contributed by atoms with Crippen molar-refractivity contribution in [1.82, 2.24) is 4.83 Å². The van der Waals surface area contributed by atoms with Gasteiger partial charge in [0.1, 0.15) is 0 Å². The van der Waals surface area contributed by atoms with E-state index in [9.17, 15) is 16.8 Å². The Morgan fingerprint density at radius 1 is 0.758 bits per heavy atom. The summed E-state index contributed by atoms with van der Waals surface area (Å²) in [4.78, 5) is 2.25. The largest absolute Gasteiger partial charge is 0.493 e. The van der Waals surface area contributed by atoms with E-state index in [1.807, 2.05) is 0 Å². The van der Waals surface area contributed by atoms with Crippen LogP contribution in [0.5, 0.6) is 11.5 Å². The second-order valence-corrected chi connectivity index (χ2v) is 10.2. The number of methoxy groups -OCH3 is 2. The van der Waals surface area contributed by atoms with E-state index in [1.165, 1.54) is 44.6 Å². The Kier molecular flexibility index (Phi) is 7.24. The Hall–Kier alpha value is -3.57. The molecule has 0 fully saturated rings. The van der Waals surface area contributed by atoms with E-state index in [-0.39, 0.29) is 15.5 Å². The van der Waals surface area contributed by atoms with Crippen molar-refractivity contribution in [2.45, 2.75) is 16.7 Å². The summed E-state index contributed by atoms with van der Waals surface area (Å²) in [7, 11) is -4.89. The highest BCUT2D eigenvalue weighted by Crippen LogP contribution is 2.29. The third-order valence-electron chi connectivity index (χ3n) is 4.58. The SMILES string of the molecule is COc1ccc(S(=O)(=O)NN=C(C)c2cccc(NS(=O)(=O)c3ccccc3)c2)cc1OC. The molecule has 9 nitrogen and oxygen atoms in total. The minimum absolute atomic E-state index is 0.0546. The molecule has 0 spiro atoms. The van der Waals surface area contributed by atoms with Gasteiger partial charge in [0.15, 0.2) is 11.5 Å². The fourth-order valence-electron chi connectivity index (χ4n) is 2.85. The quantitative estimate of drug-likeness (QED) is 0.351. The number of hydrogen-bond donors (Lipinski definition) is 2. The summed E-state index contributed by atoms with van der Waals surface area (Å²) in [5.74, 6) is 0.658. The predicted molar refractivity (Wildman–Crippen MR) is 126 cm³/mol. The number of benzene rings is 3. The Bertz CT molecular complexity index is 1370. The van der Waals surface area contributed by atoms with Gasteiger partial charge in [-0.2, -0.15) is 18.4 Å². The molecule has 0 amide bonds. The van der Waals surface area contributed by atoms with Gasteiger partial charge in [0.25, 0.3) is 20.0 Å². The van der Waals surface area contributed by atoms with Crippen LogP contribution < -0.4 is 19.0 Å². The van der Waals surface area contributed by atoms with Gasteiger partial charge in [-0.3, -0.25) is 4.72 Å². The molecule has 0 saturated carbocycles. The maximum atomic E-state index is 12.6. The van der Waals surface area contributed by atoms with Gasteiger partial charge in [-0.15, -0.1) is 0 Å². The molecule has 0 aromatic heterocycles. The minimum Gasteiger partial charge on any atom is -0.493 e.